The van der Waals surface area contributed by atoms with Crippen LogP contribution in [0.3, 0.4) is 0 Å². The van der Waals surface area contributed by atoms with Crippen LogP contribution < -0.4 is 9.44 Å². The Morgan fingerprint density at radius 2 is 1.78 bits per heavy atom. The number of sulfonamides is 2. The molecule has 0 aliphatic rings. The van der Waals surface area contributed by atoms with Gasteiger partial charge in [0.15, 0.2) is 0 Å². The van der Waals surface area contributed by atoms with Crippen molar-refractivity contribution in [2.75, 3.05) is 18.8 Å². The van der Waals surface area contributed by atoms with Crippen LogP contribution in [0.25, 0.3) is 0 Å². The van der Waals surface area contributed by atoms with Crippen molar-refractivity contribution in [3.8, 4) is 0 Å². The standard InChI is InChI=1S/C8H13BrN2O4S3/c1-2-17(12,13)10-5-6-11-18(14,15)8-4-3-7(9)16-8/h3-4,10-11H,2,5-6H2,1H3. The fraction of sp³-hybridized carbons (Fsp3) is 0.500. The summed E-state index contributed by atoms with van der Waals surface area (Å²) in [6.07, 6.45) is 0. The zero-order valence-corrected chi connectivity index (χ0v) is 13.5. The largest absolute Gasteiger partial charge is 0.250 e. The number of hydrogen-bond acceptors (Lipinski definition) is 5. The highest BCUT2D eigenvalue weighted by Crippen LogP contribution is 2.25. The van der Waals surface area contributed by atoms with E-state index in [2.05, 4.69) is 25.4 Å². The summed E-state index contributed by atoms with van der Waals surface area (Å²) in [4.78, 5) is 0. The highest BCUT2D eigenvalue weighted by Gasteiger charge is 2.16. The first-order valence-corrected chi connectivity index (χ1v) is 9.73. The lowest BCUT2D eigenvalue weighted by Gasteiger charge is -2.06. The molecular weight excluding hydrogens is 364 g/mol. The summed E-state index contributed by atoms with van der Waals surface area (Å²) in [6.45, 7) is 1.55. The molecule has 0 atom stereocenters. The van der Waals surface area contributed by atoms with E-state index in [1.54, 1.807) is 6.07 Å². The van der Waals surface area contributed by atoms with E-state index in [1.807, 2.05) is 0 Å². The Hall–Kier alpha value is -0.0000000000000000833. The lowest BCUT2D eigenvalue weighted by molar-refractivity contribution is 0.572. The van der Waals surface area contributed by atoms with Crippen LogP contribution in [-0.4, -0.2) is 35.7 Å². The Bertz CT molecular complexity index is 594. The first kappa shape index (κ1) is 16.1. The molecule has 0 radical (unpaired) electrons. The van der Waals surface area contributed by atoms with Gasteiger partial charge >= 0.3 is 0 Å². The van der Waals surface area contributed by atoms with Crippen molar-refractivity contribution in [2.45, 2.75) is 11.1 Å². The molecule has 0 aliphatic heterocycles. The maximum atomic E-state index is 11.7. The molecule has 0 fully saturated rings. The summed E-state index contributed by atoms with van der Waals surface area (Å²) in [5, 5.41) is 0. The van der Waals surface area contributed by atoms with Crippen molar-refractivity contribution < 1.29 is 16.8 Å². The van der Waals surface area contributed by atoms with E-state index in [0.29, 0.717) is 0 Å². The molecule has 1 aromatic rings. The van der Waals surface area contributed by atoms with Gasteiger partial charge in [-0.3, -0.25) is 0 Å². The number of thiophene rings is 1. The molecule has 6 nitrogen and oxygen atoms in total. The van der Waals surface area contributed by atoms with Crippen LogP contribution in [0.5, 0.6) is 0 Å². The molecule has 10 heteroatoms. The van der Waals surface area contributed by atoms with Crippen LogP contribution in [0.1, 0.15) is 6.92 Å². The van der Waals surface area contributed by atoms with Crippen LogP contribution in [0.15, 0.2) is 20.1 Å². The third-order valence-corrected chi connectivity index (χ3v) is 6.91. The van der Waals surface area contributed by atoms with E-state index in [0.717, 1.165) is 15.1 Å². The van der Waals surface area contributed by atoms with Crippen LogP contribution >= 0.6 is 27.3 Å². The van der Waals surface area contributed by atoms with Crippen molar-refractivity contribution in [1.82, 2.24) is 9.44 Å². The Morgan fingerprint density at radius 1 is 1.17 bits per heavy atom. The minimum Gasteiger partial charge on any atom is -0.214 e. The predicted molar refractivity (Wildman–Crippen MR) is 74.7 cm³/mol. The van der Waals surface area contributed by atoms with Gasteiger partial charge < -0.3 is 0 Å². The summed E-state index contributed by atoms with van der Waals surface area (Å²) in [6, 6.07) is 3.12. The molecule has 104 valence electrons. The second-order valence-electron chi connectivity index (χ2n) is 3.25. The highest BCUT2D eigenvalue weighted by molar-refractivity contribution is 9.11. The molecule has 0 spiro atoms. The number of nitrogens with one attached hydrogen (secondary N) is 2. The van der Waals surface area contributed by atoms with Gasteiger partial charge in [0.1, 0.15) is 4.21 Å². The normalized spacial score (nSPS) is 12.8. The molecule has 1 heterocycles. The minimum atomic E-state index is -3.56. The van der Waals surface area contributed by atoms with Gasteiger partial charge in [-0.05, 0) is 35.0 Å². The molecule has 0 saturated carbocycles. The van der Waals surface area contributed by atoms with E-state index < -0.39 is 20.0 Å². The zero-order chi connectivity index (χ0) is 13.8. The fourth-order valence-corrected chi connectivity index (χ4v) is 4.71. The monoisotopic (exact) mass is 376 g/mol. The summed E-state index contributed by atoms with van der Waals surface area (Å²) in [7, 11) is -6.85. The topological polar surface area (TPSA) is 92.3 Å². The molecule has 0 unspecified atom stereocenters. The molecular formula is C8H13BrN2O4S3. The van der Waals surface area contributed by atoms with Gasteiger partial charge in [0.05, 0.1) is 9.54 Å². The lowest BCUT2D eigenvalue weighted by atomic mass is 10.7. The van der Waals surface area contributed by atoms with Crippen molar-refractivity contribution in [3.63, 3.8) is 0 Å². The van der Waals surface area contributed by atoms with Crippen molar-refractivity contribution >= 4 is 47.3 Å². The van der Waals surface area contributed by atoms with Gasteiger partial charge in [-0.2, -0.15) is 0 Å². The third-order valence-electron chi connectivity index (χ3n) is 1.93. The molecule has 1 aromatic heterocycles. The Labute approximate surface area is 119 Å². The van der Waals surface area contributed by atoms with Gasteiger partial charge in [-0.15, -0.1) is 11.3 Å². The maximum Gasteiger partial charge on any atom is 0.250 e. The average molecular weight is 377 g/mol. The van der Waals surface area contributed by atoms with Crippen LogP contribution in [0, 0.1) is 0 Å². The van der Waals surface area contributed by atoms with Gasteiger partial charge in [-0.1, -0.05) is 0 Å². The van der Waals surface area contributed by atoms with Crippen LogP contribution in [-0.2, 0) is 20.0 Å². The van der Waals surface area contributed by atoms with Crippen molar-refractivity contribution in [2.24, 2.45) is 0 Å². The van der Waals surface area contributed by atoms with Gasteiger partial charge in [0.2, 0.25) is 20.0 Å². The molecule has 2 N–H and O–H groups in total. The Kier molecular flexibility index (Phi) is 5.74. The average Bonchev–Trinajstić information content (AvgIpc) is 2.72. The third kappa shape index (κ3) is 4.94. The van der Waals surface area contributed by atoms with E-state index in [-0.39, 0.29) is 23.1 Å². The van der Waals surface area contributed by atoms with Crippen LogP contribution in [0.2, 0.25) is 0 Å². The molecule has 0 aromatic carbocycles. The Balaban J connectivity index is 2.49. The maximum absolute atomic E-state index is 11.7. The van der Waals surface area contributed by atoms with E-state index in [4.69, 9.17) is 0 Å². The number of halogens is 1. The van der Waals surface area contributed by atoms with Gasteiger partial charge in [0.25, 0.3) is 0 Å². The SMILES string of the molecule is CCS(=O)(=O)NCCNS(=O)(=O)c1ccc(Br)s1. The first-order chi connectivity index (χ1) is 8.27. The quantitative estimate of drug-likeness (QED) is 0.686. The summed E-state index contributed by atoms with van der Waals surface area (Å²) in [5.41, 5.74) is 0. The molecule has 0 saturated heterocycles. The summed E-state index contributed by atoms with van der Waals surface area (Å²) >= 11 is 4.27. The van der Waals surface area contributed by atoms with E-state index in [9.17, 15) is 16.8 Å². The minimum absolute atomic E-state index is 0.0110. The number of rotatable bonds is 7. The second kappa shape index (κ2) is 6.44. The lowest BCUT2D eigenvalue weighted by Crippen LogP contribution is -2.35. The smallest absolute Gasteiger partial charge is 0.214 e. The molecule has 0 aliphatic carbocycles. The molecule has 1 rings (SSSR count). The van der Waals surface area contributed by atoms with Crippen molar-refractivity contribution in [3.05, 3.63) is 15.9 Å². The van der Waals surface area contributed by atoms with E-state index in [1.165, 1.54) is 13.0 Å². The van der Waals surface area contributed by atoms with Crippen LogP contribution in [0.4, 0.5) is 0 Å². The number of hydrogen-bond donors (Lipinski definition) is 2. The summed E-state index contributed by atoms with van der Waals surface area (Å²) < 4.78 is 51.2. The van der Waals surface area contributed by atoms with Crippen molar-refractivity contribution in [1.29, 1.82) is 0 Å². The molecule has 18 heavy (non-hydrogen) atoms. The van der Waals surface area contributed by atoms with Gasteiger partial charge in [0, 0.05) is 13.1 Å². The highest BCUT2D eigenvalue weighted by atomic mass is 79.9. The summed E-state index contributed by atoms with van der Waals surface area (Å²) in [5.74, 6) is -0.0301. The van der Waals surface area contributed by atoms with E-state index >= 15 is 0 Å². The Morgan fingerprint density at radius 3 is 2.28 bits per heavy atom. The predicted octanol–water partition coefficient (Wildman–Crippen LogP) is 0.728. The van der Waals surface area contributed by atoms with Gasteiger partial charge in [-0.25, -0.2) is 26.3 Å². The molecule has 0 amide bonds. The second-order valence-corrected chi connectivity index (χ2v) is 9.81. The first-order valence-electron chi connectivity index (χ1n) is 4.99. The zero-order valence-electron chi connectivity index (χ0n) is 9.51. The fourth-order valence-electron chi connectivity index (χ4n) is 1.01. The molecule has 0 bridgehead atoms.